The van der Waals surface area contributed by atoms with E-state index in [0.717, 1.165) is 19.1 Å². The predicted octanol–water partition coefficient (Wildman–Crippen LogP) is 0.579. The second kappa shape index (κ2) is 8.01. The van der Waals surface area contributed by atoms with Gasteiger partial charge in [0.15, 0.2) is 0 Å². The van der Waals surface area contributed by atoms with Crippen molar-refractivity contribution in [2.45, 2.75) is 19.4 Å². The third-order valence-electron chi connectivity index (χ3n) is 3.34. The summed E-state index contributed by atoms with van der Waals surface area (Å²) >= 11 is 0. The minimum Gasteiger partial charge on any atom is -0.382 e. The van der Waals surface area contributed by atoms with E-state index in [2.05, 4.69) is 24.2 Å². The minimum atomic E-state index is 0.686. The zero-order valence-corrected chi connectivity index (χ0v) is 10.9. The van der Waals surface area contributed by atoms with Gasteiger partial charge in [-0.05, 0) is 25.9 Å². The van der Waals surface area contributed by atoms with E-state index in [9.17, 15) is 0 Å². The molecular formula is C12H26N2O2. The molecular weight excluding hydrogens is 204 g/mol. The lowest BCUT2D eigenvalue weighted by Gasteiger charge is -2.36. The van der Waals surface area contributed by atoms with Crippen LogP contribution in [0.5, 0.6) is 0 Å². The van der Waals surface area contributed by atoms with Crippen LogP contribution in [0.25, 0.3) is 0 Å². The number of piperidine rings is 1. The summed E-state index contributed by atoms with van der Waals surface area (Å²) in [7, 11) is 3.76. The van der Waals surface area contributed by atoms with Crippen molar-refractivity contribution in [2.24, 2.45) is 5.92 Å². The molecule has 0 amide bonds. The van der Waals surface area contributed by atoms with Crippen molar-refractivity contribution in [1.82, 2.24) is 10.2 Å². The van der Waals surface area contributed by atoms with Crippen LogP contribution in [0.4, 0.5) is 0 Å². The third-order valence-corrected chi connectivity index (χ3v) is 3.34. The summed E-state index contributed by atoms with van der Waals surface area (Å²) in [5.74, 6) is 0.734. The second-order valence-corrected chi connectivity index (χ2v) is 4.57. The highest BCUT2D eigenvalue weighted by Gasteiger charge is 2.24. The van der Waals surface area contributed by atoms with E-state index in [0.29, 0.717) is 19.3 Å². The Kier molecular flexibility index (Phi) is 6.96. The van der Waals surface area contributed by atoms with Gasteiger partial charge in [0.1, 0.15) is 0 Å². The highest BCUT2D eigenvalue weighted by atomic mass is 16.5. The van der Waals surface area contributed by atoms with Gasteiger partial charge in [0, 0.05) is 26.2 Å². The standard InChI is InChI=1S/C12H26N2O2/c1-11-10-14(5-4-12(11)13-2)6-7-16-9-8-15-3/h11-13H,4-10H2,1-3H3. The van der Waals surface area contributed by atoms with Crippen LogP contribution in [0, 0.1) is 5.92 Å². The van der Waals surface area contributed by atoms with E-state index >= 15 is 0 Å². The molecule has 0 aromatic carbocycles. The van der Waals surface area contributed by atoms with Gasteiger partial charge in [0.2, 0.25) is 0 Å². The lowest BCUT2D eigenvalue weighted by molar-refractivity contribution is 0.0470. The van der Waals surface area contributed by atoms with Crippen molar-refractivity contribution in [1.29, 1.82) is 0 Å². The van der Waals surface area contributed by atoms with Gasteiger partial charge in [0.05, 0.1) is 19.8 Å². The molecule has 1 aliphatic heterocycles. The lowest BCUT2D eigenvalue weighted by Crippen LogP contribution is -2.48. The van der Waals surface area contributed by atoms with Crippen molar-refractivity contribution in [3.05, 3.63) is 0 Å². The largest absolute Gasteiger partial charge is 0.382 e. The maximum atomic E-state index is 5.48. The average Bonchev–Trinajstić information content (AvgIpc) is 2.29. The molecule has 1 fully saturated rings. The second-order valence-electron chi connectivity index (χ2n) is 4.57. The number of hydrogen-bond donors (Lipinski definition) is 1. The van der Waals surface area contributed by atoms with E-state index in [4.69, 9.17) is 9.47 Å². The molecule has 0 bridgehead atoms. The lowest BCUT2D eigenvalue weighted by atomic mass is 9.94. The molecule has 0 spiro atoms. The van der Waals surface area contributed by atoms with E-state index in [1.807, 2.05) is 0 Å². The van der Waals surface area contributed by atoms with Crippen molar-refractivity contribution >= 4 is 0 Å². The monoisotopic (exact) mass is 230 g/mol. The topological polar surface area (TPSA) is 33.7 Å². The molecule has 4 nitrogen and oxygen atoms in total. The molecule has 0 aromatic heterocycles. The Morgan fingerprint density at radius 1 is 1.31 bits per heavy atom. The summed E-state index contributed by atoms with van der Waals surface area (Å²) in [6.07, 6.45) is 1.25. The Morgan fingerprint density at radius 3 is 2.75 bits per heavy atom. The van der Waals surface area contributed by atoms with E-state index in [-0.39, 0.29) is 0 Å². The summed E-state index contributed by atoms with van der Waals surface area (Å²) in [6, 6.07) is 0.686. The van der Waals surface area contributed by atoms with E-state index in [1.165, 1.54) is 19.5 Å². The molecule has 4 heteroatoms. The van der Waals surface area contributed by atoms with Gasteiger partial charge in [-0.25, -0.2) is 0 Å². The smallest absolute Gasteiger partial charge is 0.0700 e. The summed E-state index contributed by atoms with van der Waals surface area (Å²) in [5.41, 5.74) is 0. The molecule has 0 aliphatic carbocycles. The maximum absolute atomic E-state index is 5.48. The van der Waals surface area contributed by atoms with Crippen LogP contribution in [0.2, 0.25) is 0 Å². The molecule has 2 unspecified atom stereocenters. The van der Waals surface area contributed by atoms with Crippen LogP contribution in [-0.4, -0.2) is 64.6 Å². The van der Waals surface area contributed by atoms with Crippen molar-refractivity contribution < 1.29 is 9.47 Å². The number of likely N-dealkylation sites (tertiary alicyclic amines) is 1. The Labute approximate surface area is 99.3 Å². The zero-order valence-electron chi connectivity index (χ0n) is 10.9. The number of methoxy groups -OCH3 is 1. The molecule has 0 saturated carbocycles. The molecule has 1 heterocycles. The Morgan fingerprint density at radius 2 is 2.12 bits per heavy atom. The first-order chi connectivity index (χ1) is 7.77. The fourth-order valence-corrected chi connectivity index (χ4v) is 2.30. The normalized spacial score (nSPS) is 27.2. The van der Waals surface area contributed by atoms with Crippen LogP contribution in [0.15, 0.2) is 0 Å². The highest BCUT2D eigenvalue weighted by Crippen LogP contribution is 2.15. The molecule has 1 rings (SSSR count). The number of ether oxygens (including phenoxy) is 2. The van der Waals surface area contributed by atoms with Gasteiger partial charge in [-0.2, -0.15) is 0 Å². The van der Waals surface area contributed by atoms with E-state index in [1.54, 1.807) is 7.11 Å². The van der Waals surface area contributed by atoms with Crippen LogP contribution >= 0.6 is 0 Å². The first kappa shape index (κ1) is 13.9. The summed E-state index contributed by atoms with van der Waals surface area (Å²) in [4.78, 5) is 2.49. The van der Waals surface area contributed by atoms with Crippen LogP contribution in [0.1, 0.15) is 13.3 Å². The average molecular weight is 230 g/mol. The number of hydrogen-bond acceptors (Lipinski definition) is 4. The van der Waals surface area contributed by atoms with Crippen molar-refractivity contribution in [3.63, 3.8) is 0 Å². The summed E-state index contributed by atoms with van der Waals surface area (Å²) < 4.78 is 10.4. The third kappa shape index (κ3) is 4.78. The molecule has 16 heavy (non-hydrogen) atoms. The fourth-order valence-electron chi connectivity index (χ4n) is 2.30. The van der Waals surface area contributed by atoms with Gasteiger partial charge >= 0.3 is 0 Å². The molecule has 1 N–H and O–H groups in total. The molecule has 1 saturated heterocycles. The number of nitrogens with one attached hydrogen (secondary N) is 1. The molecule has 0 radical (unpaired) electrons. The van der Waals surface area contributed by atoms with Crippen LogP contribution < -0.4 is 5.32 Å². The first-order valence-electron chi connectivity index (χ1n) is 6.24. The number of rotatable bonds is 7. The highest BCUT2D eigenvalue weighted by molar-refractivity contribution is 4.81. The molecule has 1 aliphatic rings. The Balaban J connectivity index is 2.06. The maximum Gasteiger partial charge on any atom is 0.0700 e. The van der Waals surface area contributed by atoms with Crippen LogP contribution in [0.3, 0.4) is 0 Å². The van der Waals surface area contributed by atoms with Gasteiger partial charge < -0.3 is 19.7 Å². The molecule has 96 valence electrons. The van der Waals surface area contributed by atoms with Crippen molar-refractivity contribution in [2.75, 3.05) is 53.6 Å². The van der Waals surface area contributed by atoms with Crippen molar-refractivity contribution in [3.8, 4) is 0 Å². The van der Waals surface area contributed by atoms with Crippen LogP contribution in [-0.2, 0) is 9.47 Å². The fraction of sp³-hybridized carbons (Fsp3) is 1.00. The van der Waals surface area contributed by atoms with E-state index < -0.39 is 0 Å². The van der Waals surface area contributed by atoms with Gasteiger partial charge in [-0.1, -0.05) is 6.92 Å². The first-order valence-corrected chi connectivity index (χ1v) is 6.24. The SMILES string of the molecule is CNC1CCN(CCOCCOC)CC1C. The minimum absolute atomic E-state index is 0.686. The Bertz CT molecular complexity index is 178. The van der Waals surface area contributed by atoms with Gasteiger partial charge in [0.25, 0.3) is 0 Å². The Hall–Kier alpha value is -0.160. The number of nitrogens with zero attached hydrogens (tertiary/aromatic N) is 1. The van der Waals surface area contributed by atoms with Gasteiger partial charge in [-0.3, -0.25) is 0 Å². The van der Waals surface area contributed by atoms with Gasteiger partial charge in [-0.15, -0.1) is 0 Å². The molecule has 0 aromatic rings. The quantitative estimate of drug-likeness (QED) is 0.649. The summed E-state index contributed by atoms with van der Waals surface area (Å²) in [6.45, 7) is 7.95. The molecule has 2 atom stereocenters. The predicted molar refractivity (Wildman–Crippen MR) is 65.8 cm³/mol. The summed E-state index contributed by atoms with van der Waals surface area (Å²) in [5, 5.41) is 3.38. The zero-order chi connectivity index (χ0) is 11.8.